The zero-order valence-electron chi connectivity index (χ0n) is 15.6. The lowest BCUT2D eigenvalue weighted by Gasteiger charge is -2.35. The third kappa shape index (κ3) is 3.78. The van der Waals surface area contributed by atoms with E-state index in [4.69, 9.17) is 0 Å². The monoisotopic (exact) mass is 367 g/mol. The summed E-state index contributed by atoms with van der Waals surface area (Å²) in [5, 5.41) is 0. The summed E-state index contributed by atoms with van der Waals surface area (Å²) in [5.41, 5.74) is 1.55. The number of amides is 1. The summed E-state index contributed by atoms with van der Waals surface area (Å²) in [7, 11) is 1.88. The number of hydrogen-bond acceptors (Lipinski definition) is 5. The van der Waals surface area contributed by atoms with Gasteiger partial charge >= 0.3 is 0 Å². The van der Waals surface area contributed by atoms with Gasteiger partial charge in [-0.3, -0.25) is 24.0 Å². The normalized spacial score (nSPS) is 21.7. The van der Waals surface area contributed by atoms with E-state index < -0.39 is 0 Å². The number of carbonyl (C=O) groups is 1. The van der Waals surface area contributed by atoms with Gasteiger partial charge in [0.25, 0.3) is 5.56 Å². The fourth-order valence-corrected chi connectivity index (χ4v) is 4.11. The number of likely N-dealkylation sites (tertiary alicyclic amines) is 2. The second kappa shape index (κ2) is 7.60. The molecule has 2 aromatic heterocycles. The number of hydrogen-bond donors (Lipinski definition) is 0. The number of likely N-dealkylation sites (N-methyl/N-ethyl adjacent to an activating group) is 1. The first-order valence-corrected chi connectivity index (χ1v) is 9.58. The van der Waals surface area contributed by atoms with Crippen molar-refractivity contribution in [3.63, 3.8) is 0 Å². The van der Waals surface area contributed by atoms with Crippen LogP contribution >= 0.6 is 0 Å². The van der Waals surface area contributed by atoms with E-state index in [9.17, 15) is 9.59 Å². The highest BCUT2D eigenvalue weighted by molar-refractivity contribution is 5.83. The number of pyridine rings is 1. The Kier molecular flexibility index (Phi) is 5.03. The predicted octanol–water partition coefficient (Wildman–Crippen LogP) is 1.25. The maximum absolute atomic E-state index is 12.5. The minimum Gasteiger partial charge on any atom is -0.344 e. The van der Waals surface area contributed by atoms with Crippen molar-refractivity contribution in [2.75, 3.05) is 26.7 Å². The molecule has 7 heteroatoms. The number of aromatic nitrogens is 3. The molecular weight excluding hydrogens is 342 g/mol. The lowest BCUT2D eigenvalue weighted by atomic mass is 9.95. The van der Waals surface area contributed by atoms with Gasteiger partial charge in [0.1, 0.15) is 0 Å². The molecule has 0 aromatic carbocycles. The Morgan fingerprint density at radius 2 is 1.81 bits per heavy atom. The van der Waals surface area contributed by atoms with Crippen LogP contribution in [0.5, 0.6) is 0 Å². The van der Waals surface area contributed by atoms with Crippen molar-refractivity contribution >= 4 is 5.91 Å². The van der Waals surface area contributed by atoms with E-state index in [-0.39, 0.29) is 17.5 Å². The van der Waals surface area contributed by atoms with Crippen LogP contribution in [0.4, 0.5) is 0 Å². The summed E-state index contributed by atoms with van der Waals surface area (Å²) in [5.74, 6) is 0.697. The van der Waals surface area contributed by atoms with Gasteiger partial charge in [-0.05, 0) is 50.4 Å². The van der Waals surface area contributed by atoms with Gasteiger partial charge in [-0.1, -0.05) is 0 Å². The number of piperidine rings is 1. The fraction of sp³-hybridized carbons (Fsp3) is 0.500. The van der Waals surface area contributed by atoms with E-state index in [1.54, 1.807) is 29.4 Å². The molecule has 4 heterocycles. The Morgan fingerprint density at radius 3 is 2.44 bits per heavy atom. The maximum Gasteiger partial charge on any atom is 0.253 e. The average molecular weight is 367 g/mol. The Hall–Kier alpha value is -2.54. The number of carbonyl (C=O) groups excluding carboxylic acids is 1. The number of rotatable bonds is 4. The smallest absolute Gasteiger partial charge is 0.253 e. The molecule has 1 atom stereocenters. The second-order valence-electron chi connectivity index (χ2n) is 7.54. The van der Waals surface area contributed by atoms with E-state index in [1.165, 1.54) is 0 Å². The summed E-state index contributed by atoms with van der Waals surface area (Å²) < 4.78 is 1.71. The second-order valence-corrected chi connectivity index (χ2v) is 7.54. The Balaban J connectivity index is 1.37. The van der Waals surface area contributed by atoms with Crippen LogP contribution in [0.3, 0.4) is 0 Å². The van der Waals surface area contributed by atoms with E-state index in [0.717, 1.165) is 44.5 Å². The fourth-order valence-electron chi connectivity index (χ4n) is 4.11. The predicted molar refractivity (Wildman–Crippen MR) is 102 cm³/mol. The van der Waals surface area contributed by atoms with Crippen LogP contribution in [0.15, 0.2) is 41.7 Å². The van der Waals surface area contributed by atoms with E-state index in [2.05, 4.69) is 14.9 Å². The summed E-state index contributed by atoms with van der Waals surface area (Å²) in [6.07, 6.45) is 7.99. The van der Waals surface area contributed by atoms with Crippen LogP contribution in [0.25, 0.3) is 11.3 Å². The van der Waals surface area contributed by atoms with Gasteiger partial charge in [-0.15, -0.1) is 0 Å². The van der Waals surface area contributed by atoms with Crippen LogP contribution < -0.4 is 5.56 Å². The van der Waals surface area contributed by atoms with Crippen LogP contribution in [-0.4, -0.2) is 63.0 Å². The van der Waals surface area contributed by atoms with E-state index in [0.29, 0.717) is 18.2 Å². The van der Waals surface area contributed by atoms with Crippen LogP contribution in [0.2, 0.25) is 0 Å². The summed E-state index contributed by atoms with van der Waals surface area (Å²) in [4.78, 5) is 37.3. The molecule has 142 valence electrons. The summed E-state index contributed by atoms with van der Waals surface area (Å²) in [6, 6.07) is 5.35. The number of nitrogens with zero attached hydrogens (tertiary/aromatic N) is 5. The molecular formula is C20H25N5O2. The highest BCUT2D eigenvalue weighted by Crippen LogP contribution is 2.24. The maximum atomic E-state index is 12.5. The highest BCUT2D eigenvalue weighted by Gasteiger charge is 2.35. The zero-order valence-corrected chi connectivity index (χ0v) is 15.6. The van der Waals surface area contributed by atoms with Gasteiger partial charge in [0.05, 0.1) is 18.1 Å². The molecule has 0 N–H and O–H groups in total. The molecule has 0 spiro atoms. The van der Waals surface area contributed by atoms with Gasteiger partial charge in [-0.25, -0.2) is 4.98 Å². The van der Waals surface area contributed by atoms with Crippen molar-refractivity contribution in [3.8, 4) is 11.3 Å². The van der Waals surface area contributed by atoms with Crippen LogP contribution in [0, 0.1) is 5.92 Å². The Bertz CT molecular complexity index is 858. The largest absolute Gasteiger partial charge is 0.344 e. The highest BCUT2D eigenvalue weighted by atomic mass is 16.2. The molecule has 0 radical (unpaired) electrons. The molecule has 2 aliphatic heterocycles. The van der Waals surface area contributed by atoms with Crippen LogP contribution in [0.1, 0.15) is 19.3 Å². The quantitative estimate of drug-likeness (QED) is 0.813. The molecule has 0 aliphatic carbocycles. The van der Waals surface area contributed by atoms with Crippen molar-refractivity contribution in [2.24, 2.45) is 5.92 Å². The summed E-state index contributed by atoms with van der Waals surface area (Å²) in [6.45, 7) is 3.39. The molecule has 2 saturated heterocycles. The first kappa shape index (κ1) is 17.9. The van der Waals surface area contributed by atoms with E-state index in [1.807, 2.05) is 24.1 Å². The van der Waals surface area contributed by atoms with Crippen molar-refractivity contribution in [3.05, 3.63) is 47.3 Å². The Morgan fingerprint density at radius 1 is 1.07 bits per heavy atom. The lowest BCUT2D eigenvalue weighted by Crippen LogP contribution is -2.46. The first-order valence-electron chi connectivity index (χ1n) is 9.58. The molecule has 2 fully saturated rings. The van der Waals surface area contributed by atoms with Gasteiger partial charge in [-0.2, -0.15) is 0 Å². The molecule has 1 amide bonds. The molecule has 0 bridgehead atoms. The molecule has 1 unspecified atom stereocenters. The van der Waals surface area contributed by atoms with Crippen molar-refractivity contribution in [1.29, 1.82) is 0 Å². The van der Waals surface area contributed by atoms with Crippen molar-refractivity contribution in [1.82, 2.24) is 24.3 Å². The van der Waals surface area contributed by atoms with Crippen molar-refractivity contribution < 1.29 is 4.79 Å². The van der Waals surface area contributed by atoms with Gasteiger partial charge in [0.15, 0.2) is 0 Å². The summed E-state index contributed by atoms with van der Waals surface area (Å²) >= 11 is 0. The van der Waals surface area contributed by atoms with Gasteiger partial charge in [0.2, 0.25) is 5.91 Å². The first-order chi connectivity index (χ1) is 13.1. The minimum absolute atomic E-state index is 0.0214. The lowest BCUT2D eigenvalue weighted by molar-refractivity contribution is -0.131. The molecule has 7 nitrogen and oxygen atoms in total. The SMILES string of the molecule is CN1CCC(N2CCC(Cn3cnc(-c4ccncc4)cc3=O)CC2)C1=O. The average Bonchev–Trinajstić information content (AvgIpc) is 3.03. The minimum atomic E-state index is -0.0214. The van der Waals surface area contributed by atoms with Crippen molar-refractivity contribution in [2.45, 2.75) is 31.8 Å². The van der Waals surface area contributed by atoms with Gasteiger partial charge < -0.3 is 4.90 Å². The molecule has 2 aliphatic rings. The van der Waals surface area contributed by atoms with Gasteiger partial charge in [0, 0.05) is 44.2 Å². The van der Waals surface area contributed by atoms with Crippen LogP contribution in [-0.2, 0) is 11.3 Å². The molecule has 4 rings (SSSR count). The third-order valence-corrected chi connectivity index (χ3v) is 5.80. The molecule has 0 saturated carbocycles. The molecule has 2 aromatic rings. The molecule has 27 heavy (non-hydrogen) atoms. The standard InChI is InChI=1S/C20H25N5O2/c1-23-9-6-18(20(23)27)24-10-4-15(5-11-24)13-25-14-22-17(12-19(25)26)16-2-7-21-8-3-16/h2-3,7-8,12,14-15,18H,4-6,9-11,13H2,1H3. The third-order valence-electron chi connectivity index (χ3n) is 5.80. The van der Waals surface area contributed by atoms with E-state index >= 15 is 0 Å². The topological polar surface area (TPSA) is 71.3 Å². The Labute approximate surface area is 158 Å². The zero-order chi connectivity index (χ0) is 18.8.